The Balaban J connectivity index is 0.000000921. The van der Waals surface area contributed by atoms with Crippen molar-refractivity contribution < 1.29 is 9.59 Å². The van der Waals surface area contributed by atoms with Crippen LogP contribution in [-0.2, 0) is 9.59 Å². The van der Waals surface area contributed by atoms with E-state index < -0.39 is 11.1 Å². The average molecular weight is 228 g/mol. The predicted molar refractivity (Wildman–Crippen MR) is 62.0 cm³/mol. The van der Waals surface area contributed by atoms with E-state index in [1.807, 2.05) is 32.9 Å². The number of anilines is 1. The normalized spacial score (nSPS) is 8.53. The summed E-state index contributed by atoms with van der Waals surface area (Å²) in [4.78, 5) is 21.2. The minimum absolute atomic E-state index is 0.560. The predicted octanol–water partition coefficient (Wildman–Crippen LogP) is 2.73. The van der Waals surface area contributed by atoms with E-state index in [0.29, 0.717) is 5.69 Å². The van der Waals surface area contributed by atoms with E-state index in [9.17, 15) is 9.59 Å². The van der Waals surface area contributed by atoms with E-state index in [4.69, 9.17) is 11.6 Å². The van der Waals surface area contributed by atoms with Crippen LogP contribution in [0.1, 0.15) is 19.4 Å². The SMILES string of the molecule is CC.Cc1ccc(NC(=O)C(=O)Cl)cc1. The molecule has 0 aromatic heterocycles. The third-order valence-electron chi connectivity index (χ3n) is 1.49. The van der Waals surface area contributed by atoms with E-state index in [-0.39, 0.29) is 0 Å². The highest BCUT2D eigenvalue weighted by atomic mass is 35.5. The third-order valence-corrected chi connectivity index (χ3v) is 1.66. The second-order valence-electron chi connectivity index (χ2n) is 2.59. The number of benzene rings is 1. The maximum Gasteiger partial charge on any atom is 0.310 e. The Bertz CT molecular complexity index is 333. The summed E-state index contributed by atoms with van der Waals surface area (Å²) >= 11 is 4.96. The zero-order chi connectivity index (χ0) is 11.8. The van der Waals surface area contributed by atoms with Crippen LogP contribution in [0.3, 0.4) is 0 Å². The third kappa shape index (κ3) is 5.18. The summed E-state index contributed by atoms with van der Waals surface area (Å²) in [7, 11) is 0. The number of hydrogen-bond acceptors (Lipinski definition) is 2. The van der Waals surface area contributed by atoms with E-state index >= 15 is 0 Å². The molecule has 1 rings (SSSR count). The first-order valence-corrected chi connectivity index (χ1v) is 5.05. The van der Waals surface area contributed by atoms with E-state index in [1.165, 1.54) is 0 Å². The Kier molecular flexibility index (Phi) is 6.38. The van der Waals surface area contributed by atoms with Crippen LogP contribution in [0.25, 0.3) is 0 Å². The first-order valence-electron chi connectivity index (χ1n) is 4.67. The Hall–Kier alpha value is -1.35. The summed E-state index contributed by atoms with van der Waals surface area (Å²) in [5.74, 6) is -0.814. The van der Waals surface area contributed by atoms with Gasteiger partial charge in [0, 0.05) is 5.69 Å². The molecule has 0 saturated carbocycles. The van der Waals surface area contributed by atoms with E-state index in [1.54, 1.807) is 12.1 Å². The van der Waals surface area contributed by atoms with Crippen molar-refractivity contribution in [1.82, 2.24) is 0 Å². The Morgan fingerprint density at radius 1 is 1.13 bits per heavy atom. The van der Waals surface area contributed by atoms with Crippen LogP contribution in [0.15, 0.2) is 24.3 Å². The number of carbonyl (C=O) groups excluding carboxylic acids is 2. The first-order chi connectivity index (χ1) is 7.09. The van der Waals surface area contributed by atoms with Crippen molar-refractivity contribution in [3.63, 3.8) is 0 Å². The molecule has 0 heterocycles. The molecule has 0 radical (unpaired) electrons. The number of carbonyl (C=O) groups is 2. The first kappa shape index (κ1) is 13.7. The van der Waals surface area contributed by atoms with Gasteiger partial charge in [0.2, 0.25) is 0 Å². The molecule has 0 aliphatic rings. The summed E-state index contributed by atoms with van der Waals surface area (Å²) in [5.41, 5.74) is 1.64. The van der Waals surface area contributed by atoms with Gasteiger partial charge in [-0.05, 0) is 30.7 Å². The highest BCUT2D eigenvalue weighted by Gasteiger charge is 2.09. The molecular formula is C11H14ClNO2. The highest BCUT2D eigenvalue weighted by molar-refractivity contribution is 6.82. The van der Waals surface area contributed by atoms with Crippen LogP contribution < -0.4 is 5.32 Å². The molecule has 0 unspecified atom stereocenters. The van der Waals surface area contributed by atoms with Gasteiger partial charge >= 0.3 is 11.1 Å². The van der Waals surface area contributed by atoms with E-state index in [0.717, 1.165) is 5.56 Å². The fourth-order valence-corrected chi connectivity index (χ4v) is 0.864. The quantitative estimate of drug-likeness (QED) is 0.624. The molecular weight excluding hydrogens is 214 g/mol. The molecule has 82 valence electrons. The molecule has 0 spiro atoms. The zero-order valence-electron chi connectivity index (χ0n) is 9.00. The number of nitrogens with one attached hydrogen (secondary N) is 1. The second kappa shape index (κ2) is 7.01. The molecule has 15 heavy (non-hydrogen) atoms. The molecule has 0 bridgehead atoms. The Morgan fingerprint density at radius 3 is 2.00 bits per heavy atom. The fourth-order valence-electron chi connectivity index (χ4n) is 0.817. The molecule has 3 nitrogen and oxygen atoms in total. The molecule has 1 aromatic rings. The van der Waals surface area contributed by atoms with Gasteiger partial charge < -0.3 is 5.32 Å². The maximum atomic E-state index is 10.8. The van der Waals surface area contributed by atoms with Crippen molar-refractivity contribution in [2.24, 2.45) is 0 Å². The monoisotopic (exact) mass is 227 g/mol. The molecule has 0 aliphatic heterocycles. The van der Waals surface area contributed by atoms with Crippen molar-refractivity contribution in [2.45, 2.75) is 20.8 Å². The fraction of sp³-hybridized carbons (Fsp3) is 0.273. The van der Waals surface area contributed by atoms with E-state index in [2.05, 4.69) is 5.32 Å². The van der Waals surface area contributed by atoms with Gasteiger partial charge in [-0.15, -0.1) is 0 Å². The van der Waals surface area contributed by atoms with Gasteiger partial charge in [0.05, 0.1) is 0 Å². The van der Waals surface area contributed by atoms with Crippen LogP contribution in [-0.4, -0.2) is 11.1 Å². The lowest BCUT2D eigenvalue weighted by Gasteiger charge is -2.01. The summed E-state index contributed by atoms with van der Waals surface area (Å²) in [5, 5.41) is 1.33. The summed E-state index contributed by atoms with van der Waals surface area (Å²) in [6.07, 6.45) is 0. The average Bonchev–Trinajstić information content (AvgIpc) is 2.24. The molecule has 1 N–H and O–H groups in total. The van der Waals surface area contributed by atoms with Gasteiger partial charge in [0.1, 0.15) is 0 Å². The van der Waals surface area contributed by atoms with Gasteiger partial charge in [0.25, 0.3) is 0 Å². The van der Waals surface area contributed by atoms with Crippen molar-refractivity contribution in [3.8, 4) is 0 Å². The van der Waals surface area contributed by atoms with Gasteiger partial charge in [-0.3, -0.25) is 9.59 Å². The van der Waals surface area contributed by atoms with Gasteiger partial charge in [-0.25, -0.2) is 0 Å². The van der Waals surface area contributed by atoms with Gasteiger partial charge in [-0.1, -0.05) is 31.5 Å². The summed E-state index contributed by atoms with van der Waals surface area (Å²) in [6.45, 7) is 5.93. The lowest BCUT2D eigenvalue weighted by atomic mass is 10.2. The Labute approximate surface area is 94.4 Å². The van der Waals surface area contributed by atoms with Crippen LogP contribution >= 0.6 is 11.6 Å². The van der Waals surface area contributed by atoms with Crippen LogP contribution in [0, 0.1) is 6.92 Å². The number of hydrogen-bond donors (Lipinski definition) is 1. The molecule has 0 fully saturated rings. The minimum Gasteiger partial charge on any atom is -0.318 e. The largest absolute Gasteiger partial charge is 0.318 e. The molecule has 1 amide bonds. The lowest BCUT2D eigenvalue weighted by Crippen LogP contribution is -2.17. The number of aryl methyl sites for hydroxylation is 1. The van der Waals surface area contributed by atoms with Crippen molar-refractivity contribution in [1.29, 1.82) is 0 Å². The topological polar surface area (TPSA) is 46.2 Å². The zero-order valence-corrected chi connectivity index (χ0v) is 9.76. The minimum atomic E-state index is -1.01. The number of amides is 1. The van der Waals surface area contributed by atoms with Crippen molar-refractivity contribution in [3.05, 3.63) is 29.8 Å². The van der Waals surface area contributed by atoms with Gasteiger partial charge in [0.15, 0.2) is 0 Å². The molecule has 4 heteroatoms. The molecule has 0 saturated heterocycles. The summed E-state index contributed by atoms with van der Waals surface area (Å²) < 4.78 is 0. The van der Waals surface area contributed by atoms with Crippen LogP contribution in [0.4, 0.5) is 5.69 Å². The van der Waals surface area contributed by atoms with Crippen molar-refractivity contribution >= 4 is 28.4 Å². The standard InChI is InChI=1S/C9H8ClNO2.C2H6/c1-6-2-4-7(5-3-6)11-9(13)8(10)12;1-2/h2-5H,1H3,(H,11,13);1-2H3. The Morgan fingerprint density at radius 2 is 1.60 bits per heavy atom. The molecule has 1 aromatic carbocycles. The number of rotatable bonds is 2. The van der Waals surface area contributed by atoms with Crippen LogP contribution in [0.2, 0.25) is 0 Å². The smallest absolute Gasteiger partial charge is 0.310 e. The maximum absolute atomic E-state index is 10.8. The van der Waals surface area contributed by atoms with Crippen molar-refractivity contribution in [2.75, 3.05) is 5.32 Å². The molecule has 0 aliphatic carbocycles. The lowest BCUT2D eigenvalue weighted by molar-refractivity contribution is -0.130. The second-order valence-corrected chi connectivity index (χ2v) is 2.94. The van der Waals surface area contributed by atoms with Gasteiger partial charge in [-0.2, -0.15) is 0 Å². The number of halogens is 1. The molecule has 0 atom stereocenters. The van der Waals surface area contributed by atoms with Crippen LogP contribution in [0.5, 0.6) is 0 Å². The summed E-state index contributed by atoms with van der Waals surface area (Å²) in [6, 6.07) is 7.06. The highest BCUT2D eigenvalue weighted by Crippen LogP contribution is 2.08.